The Kier molecular flexibility index (Phi) is 12.1. The van der Waals surface area contributed by atoms with Gasteiger partial charge in [0.05, 0.1) is 6.10 Å². The summed E-state index contributed by atoms with van der Waals surface area (Å²) in [6.45, 7) is 8.90. The molecule has 0 saturated carbocycles. The summed E-state index contributed by atoms with van der Waals surface area (Å²) in [5.74, 6) is 0.958. The minimum absolute atomic E-state index is 0.258. The highest BCUT2D eigenvalue weighted by molar-refractivity contribution is 5.75. The van der Waals surface area contributed by atoms with E-state index in [2.05, 4.69) is 119 Å². The van der Waals surface area contributed by atoms with Crippen molar-refractivity contribution in [3.8, 4) is 39.1 Å². The molecule has 0 amide bonds. The minimum Gasteiger partial charge on any atom is -0.491 e. The average molecular weight is 547 g/mol. The zero-order valence-corrected chi connectivity index (χ0v) is 25.9. The molecule has 0 aliphatic carbocycles. The van der Waals surface area contributed by atoms with Crippen LogP contribution in [-0.2, 0) is 6.42 Å². The van der Waals surface area contributed by atoms with Gasteiger partial charge in [-0.3, -0.25) is 0 Å². The molecule has 216 valence electrons. The molecule has 4 aromatic rings. The lowest BCUT2D eigenvalue weighted by molar-refractivity contribution is 0.206. The van der Waals surface area contributed by atoms with E-state index in [9.17, 15) is 0 Å². The highest BCUT2D eigenvalue weighted by atomic mass is 16.5. The first-order chi connectivity index (χ1) is 20.1. The van der Waals surface area contributed by atoms with Crippen LogP contribution in [-0.4, -0.2) is 6.10 Å². The SMILES string of the molecule is CCCCCCCCc1ccc(-c2ccc(-c3ccc(-c4ccc(OC(C)CCCCC)cc4)c(C)c3)cc2)cc1. The summed E-state index contributed by atoms with van der Waals surface area (Å²) < 4.78 is 6.14. The Hall–Kier alpha value is -3.32. The largest absolute Gasteiger partial charge is 0.491 e. The summed E-state index contributed by atoms with van der Waals surface area (Å²) in [5.41, 5.74) is 10.3. The van der Waals surface area contributed by atoms with Crippen molar-refractivity contribution in [2.45, 2.75) is 104 Å². The summed E-state index contributed by atoms with van der Waals surface area (Å²) >= 11 is 0. The van der Waals surface area contributed by atoms with E-state index in [4.69, 9.17) is 4.74 Å². The topological polar surface area (TPSA) is 9.23 Å². The first kappa shape index (κ1) is 30.6. The summed E-state index contributed by atoms with van der Waals surface area (Å²) in [6, 6.07) is 33.6. The van der Waals surface area contributed by atoms with Gasteiger partial charge in [-0.2, -0.15) is 0 Å². The summed E-state index contributed by atoms with van der Waals surface area (Å²) in [6.07, 6.45) is 14.4. The Balaban J connectivity index is 1.34. The van der Waals surface area contributed by atoms with Crippen molar-refractivity contribution < 1.29 is 4.74 Å². The van der Waals surface area contributed by atoms with Crippen LogP contribution < -0.4 is 4.74 Å². The van der Waals surface area contributed by atoms with Gasteiger partial charge >= 0.3 is 0 Å². The molecule has 0 aliphatic heterocycles. The Morgan fingerprint density at radius 1 is 0.537 bits per heavy atom. The second kappa shape index (κ2) is 16.2. The molecule has 0 aliphatic rings. The fraction of sp³-hybridized carbons (Fsp3) is 0.400. The Bertz CT molecular complexity index is 1300. The van der Waals surface area contributed by atoms with E-state index in [0.717, 1.165) is 12.2 Å². The highest BCUT2D eigenvalue weighted by Gasteiger charge is 2.08. The number of ether oxygens (including phenoxy) is 1. The van der Waals surface area contributed by atoms with Gasteiger partial charge in [0.25, 0.3) is 0 Å². The minimum atomic E-state index is 0.258. The van der Waals surface area contributed by atoms with Gasteiger partial charge in [-0.15, -0.1) is 0 Å². The summed E-state index contributed by atoms with van der Waals surface area (Å²) in [4.78, 5) is 0. The molecule has 41 heavy (non-hydrogen) atoms. The third-order valence-corrected chi connectivity index (χ3v) is 8.27. The lowest BCUT2D eigenvalue weighted by Gasteiger charge is -2.15. The molecular weight excluding hydrogens is 496 g/mol. The summed E-state index contributed by atoms with van der Waals surface area (Å²) in [7, 11) is 0. The van der Waals surface area contributed by atoms with E-state index in [1.165, 1.54) is 109 Å². The number of hydrogen-bond acceptors (Lipinski definition) is 1. The van der Waals surface area contributed by atoms with Crippen LogP contribution in [0.25, 0.3) is 33.4 Å². The molecule has 4 rings (SSSR count). The standard InChI is InChI=1S/C40H50O/c1-5-7-9-10-11-13-15-33-16-18-34(19-17-33)35-20-22-36(23-21-35)38-26-29-40(31(3)30-38)37-24-27-39(28-25-37)41-32(4)14-12-8-6-2/h16-30,32H,5-15H2,1-4H3. The van der Waals surface area contributed by atoms with Crippen molar-refractivity contribution in [3.63, 3.8) is 0 Å². The van der Waals surface area contributed by atoms with Crippen LogP contribution in [0.4, 0.5) is 0 Å². The van der Waals surface area contributed by atoms with Gasteiger partial charge in [0, 0.05) is 0 Å². The lowest BCUT2D eigenvalue weighted by Crippen LogP contribution is -2.11. The molecular formula is C40H50O. The van der Waals surface area contributed by atoms with Crippen molar-refractivity contribution in [3.05, 3.63) is 102 Å². The maximum Gasteiger partial charge on any atom is 0.119 e. The second-order valence-corrected chi connectivity index (χ2v) is 11.8. The van der Waals surface area contributed by atoms with Crippen molar-refractivity contribution in [2.75, 3.05) is 0 Å². The zero-order valence-electron chi connectivity index (χ0n) is 25.9. The first-order valence-electron chi connectivity index (χ1n) is 16.1. The van der Waals surface area contributed by atoms with Crippen LogP contribution in [0.15, 0.2) is 91.0 Å². The van der Waals surface area contributed by atoms with E-state index >= 15 is 0 Å². The molecule has 1 nitrogen and oxygen atoms in total. The number of rotatable bonds is 16. The molecule has 4 aromatic carbocycles. The monoisotopic (exact) mass is 546 g/mol. The van der Waals surface area contributed by atoms with Crippen LogP contribution in [0.5, 0.6) is 5.75 Å². The van der Waals surface area contributed by atoms with Gasteiger partial charge in [0.15, 0.2) is 0 Å². The van der Waals surface area contributed by atoms with Crippen LogP contribution >= 0.6 is 0 Å². The molecule has 0 bridgehead atoms. The molecule has 0 spiro atoms. The third-order valence-electron chi connectivity index (χ3n) is 8.27. The van der Waals surface area contributed by atoms with Gasteiger partial charge in [-0.05, 0) is 96.2 Å². The van der Waals surface area contributed by atoms with Gasteiger partial charge in [-0.25, -0.2) is 0 Å². The zero-order chi connectivity index (χ0) is 28.9. The quantitative estimate of drug-likeness (QED) is 0.127. The molecule has 1 heteroatoms. The number of aryl methyl sites for hydroxylation is 2. The maximum absolute atomic E-state index is 6.14. The normalized spacial score (nSPS) is 11.9. The van der Waals surface area contributed by atoms with Gasteiger partial charge in [0.2, 0.25) is 0 Å². The van der Waals surface area contributed by atoms with Gasteiger partial charge in [-0.1, -0.05) is 138 Å². The number of benzene rings is 4. The molecule has 0 aromatic heterocycles. The Morgan fingerprint density at radius 2 is 1.05 bits per heavy atom. The average Bonchev–Trinajstić information content (AvgIpc) is 3.00. The highest BCUT2D eigenvalue weighted by Crippen LogP contribution is 2.31. The van der Waals surface area contributed by atoms with Crippen LogP contribution in [0.3, 0.4) is 0 Å². The maximum atomic E-state index is 6.14. The van der Waals surface area contributed by atoms with Gasteiger partial charge in [0.1, 0.15) is 5.75 Å². The van der Waals surface area contributed by atoms with E-state index in [1.807, 2.05) is 0 Å². The number of unbranched alkanes of at least 4 members (excludes halogenated alkanes) is 7. The Morgan fingerprint density at radius 3 is 1.68 bits per heavy atom. The van der Waals surface area contributed by atoms with E-state index in [0.29, 0.717) is 0 Å². The van der Waals surface area contributed by atoms with E-state index < -0.39 is 0 Å². The first-order valence-corrected chi connectivity index (χ1v) is 16.1. The molecule has 1 unspecified atom stereocenters. The fourth-order valence-electron chi connectivity index (χ4n) is 5.68. The van der Waals surface area contributed by atoms with Crippen molar-refractivity contribution in [2.24, 2.45) is 0 Å². The third kappa shape index (κ3) is 9.35. The molecule has 1 atom stereocenters. The van der Waals surface area contributed by atoms with Crippen molar-refractivity contribution in [1.29, 1.82) is 0 Å². The van der Waals surface area contributed by atoms with Crippen LogP contribution in [0.2, 0.25) is 0 Å². The van der Waals surface area contributed by atoms with E-state index in [-0.39, 0.29) is 6.10 Å². The summed E-state index contributed by atoms with van der Waals surface area (Å²) in [5, 5.41) is 0. The smallest absolute Gasteiger partial charge is 0.119 e. The Labute approximate surface area is 250 Å². The van der Waals surface area contributed by atoms with Gasteiger partial charge < -0.3 is 4.74 Å². The van der Waals surface area contributed by atoms with Crippen molar-refractivity contribution >= 4 is 0 Å². The van der Waals surface area contributed by atoms with Crippen LogP contribution in [0, 0.1) is 6.92 Å². The predicted molar refractivity (Wildman–Crippen MR) is 179 cm³/mol. The van der Waals surface area contributed by atoms with Crippen molar-refractivity contribution in [1.82, 2.24) is 0 Å². The lowest BCUT2D eigenvalue weighted by atomic mass is 9.94. The van der Waals surface area contributed by atoms with E-state index in [1.54, 1.807) is 0 Å². The molecule has 0 saturated heterocycles. The molecule has 0 radical (unpaired) electrons. The van der Waals surface area contributed by atoms with Crippen LogP contribution in [0.1, 0.15) is 96.1 Å². The molecule has 0 N–H and O–H groups in total. The fourth-order valence-corrected chi connectivity index (χ4v) is 5.68. The molecule has 0 heterocycles. The second-order valence-electron chi connectivity index (χ2n) is 11.8. The molecule has 0 fully saturated rings. The predicted octanol–water partition coefficient (Wildman–Crippen LogP) is 12.2. The number of hydrogen-bond donors (Lipinski definition) is 0.